The van der Waals surface area contributed by atoms with Gasteiger partial charge in [-0.15, -0.1) is 0 Å². The van der Waals surface area contributed by atoms with E-state index < -0.39 is 0 Å². The Morgan fingerprint density at radius 2 is 2.00 bits per heavy atom. The zero-order valence-electron chi connectivity index (χ0n) is 8.03. The second-order valence-corrected chi connectivity index (χ2v) is 2.80. The molecule has 0 unspecified atom stereocenters. The lowest BCUT2D eigenvalue weighted by molar-refractivity contribution is 0.0850. The molecule has 0 atom stereocenters. The van der Waals surface area contributed by atoms with Crippen molar-refractivity contribution in [3.8, 4) is 0 Å². The minimum absolute atomic E-state index is 0.221. The molecule has 0 aromatic heterocycles. The van der Waals surface area contributed by atoms with E-state index in [9.17, 15) is 4.79 Å². The lowest BCUT2D eigenvalue weighted by Gasteiger charge is -2.18. The zero-order chi connectivity index (χ0) is 10.6. The van der Waals surface area contributed by atoms with Gasteiger partial charge in [0.25, 0.3) is 5.91 Å². The fourth-order valence-electron chi connectivity index (χ4n) is 1.16. The molecule has 1 aromatic carbocycles. The van der Waals surface area contributed by atoms with Gasteiger partial charge in [0.2, 0.25) is 0 Å². The topological polar surface area (TPSA) is 70.2 Å². The molecule has 4 nitrogen and oxygen atoms in total. The van der Waals surface area contributed by atoms with Gasteiger partial charge in [-0.05, 0) is 19.1 Å². The summed E-state index contributed by atoms with van der Waals surface area (Å²) in [7, 11) is 0. The van der Waals surface area contributed by atoms with E-state index in [0.717, 1.165) is 0 Å². The monoisotopic (exact) mass is 191 g/mol. The number of nitrogens with zero attached hydrogens (tertiary/aromatic N) is 1. The van der Waals surface area contributed by atoms with E-state index in [2.05, 4.69) is 0 Å². The molecule has 0 saturated heterocycles. The molecule has 74 valence electrons. The number of amides is 1. The third-order valence-electron chi connectivity index (χ3n) is 1.87. The van der Waals surface area contributed by atoms with Crippen LogP contribution >= 0.6 is 0 Å². The van der Waals surface area contributed by atoms with E-state index >= 15 is 0 Å². The van der Waals surface area contributed by atoms with E-state index in [4.69, 9.17) is 11.1 Å². The maximum Gasteiger partial charge on any atom is 0.260 e. The van der Waals surface area contributed by atoms with E-state index in [1.807, 2.05) is 6.07 Å². The highest BCUT2D eigenvalue weighted by atomic mass is 16.2. The van der Waals surface area contributed by atoms with Crippen molar-refractivity contribution >= 4 is 11.9 Å². The molecule has 1 rings (SSSR count). The van der Waals surface area contributed by atoms with Gasteiger partial charge in [-0.2, -0.15) is 0 Å². The van der Waals surface area contributed by atoms with Crippen LogP contribution in [0.25, 0.3) is 0 Å². The number of nitrogens with one attached hydrogen (secondary N) is 1. The van der Waals surface area contributed by atoms with Crippen LogP contribution in [0.15, 0.2) is 30.3 Å². The van der Waals surface area contributed by atoms with Gasteiger partial charge in [0.1, 0.15) is 0 Å². The highest BCUT2D eigenvalue weighted by molar-refractivity contribution is 6.04. The van der Waals surface area contributed by atoms with Crippen LogP contribution in [0.2, 0.25) is 0 Å². The number of rotatable bonds is 2. The van der Waals surface area contributed by atoms with Gasteiger partial charge in [-0.25, -0.2) is 0 Å². The van der Waals surface area contributed by atoms with Gasteiger partial charge in [-0.3, -0.25) is 15.1 Å². The van der Waals surface area contributed by atoms with Crippen molar-refractivity contribution in [1.82, 2.24) is 4.90 Å². The van der Waals surface area contributed by atoms with Gasteiger partial charge >= 0.3 is 0 Å². The molecule has 0 aliphatic rings. The molecule has 0 radical (unpaired) electrons. The molecule has 0 bridgehead atoms. The summed E-state index contributed by atoms with van der Waals surface area (Å²) in [5.74, 6) is -0.457. The summed E-state index contributed by atoms with van der Waals surface area (Å²) in [6, 6.07) is 8.80. The van der Waals surface area contributed by atoms with Gasteiger partial charge < -0.3 is 5.73 Å². The van der Waals surface area contributed by atoms with Crippen molar-refractivity contribution in [3.05, 3.63) is 35.9 Å². The first-order chi connectivity index (χ1) is 6.66. The lowest BCUT2D eigenvalue weighted by atomic mass is 10.2. The summed E-state index contributed by atoms with van der Waals surface area (Å²) in [5.41, 5.74) is 5.82. The van der Waals surface area contributed by atoms with Crippen LogP contribution in [0, 0.1) is 5.41 Å². The van der Waals surface area contributed by atoms with Gasteiger partial charge in [-0.1, -0.05) is 18.2 Å². The van der Waals surface area contributed by atoms with Gasteiger partial charge in [0, 0.05) is 12.1 Å². The summed E-state index contributed by atoms with van der Waals surface area (Å²) in [6.07, 6.45) is 0. The molecule has 1 aromatic rings. The molecule has 14 heavy (non-hydrogen) atoms. The number of benzene rings is 1. The Morgan fingerprint density at radius 3 is 2.43 bits per heavy atom. The quantitative estimate of drug-likeness (QED) is 0.541. The Hall–Kier alpha value is -1.84. The molecule has 0 aliphatic heterocycles. The Balaban J connectivity index is 2.89. The molecule has 0 saturated carbocycles. The fraction of sp³-hybridized carbons (Fsp3) is 0.200. The largest absolute Gasteiger partial charge is 0.370 e. The minimum atomic E-state index is -0.236. The van der Waals surface area contributed by atoms with Crippen LogP contribution in [0.5, 0.6) is 0 Å². The highest BCUT2D eigenvalue weighted by Crippen LogP contribution is 2.03. The fourth-order valence-corrected chi connectivity index (χ4v) is 1.16. The summed E-state index contributed by atoms with van der Waals surface area (Å²) in [5, 5.41) is 7.21. The van der Waals surface area contributed by atoms with Crippen molar-refractivity contribution in [2.75, 3.05) is 6.54 Å². The number of carbonyl (C=O) groups excluding carboxylic acids is 1. The highest BCUT2D eigenvalue weighted by Gasteiger charge is 2.15. The minimum Gasteiger partial charge on any atom is -0.370 e. The maximum atomic E-state index is 11.7. The molecule has 0 spiro atoms. The molecular formula is C10H13N3O. The van der Waals surface area contributed by atoms with Crippen LogP contribution in [0.1, 0.15) is 17.3 Å². The standard InChI is InChI=1S/C10H13N3O/c1-2-13(10(11)12)9(14)8-6-4-3-5-7-8/h3-7H,2H2,1H3,(H3,11,12). The molecule has 0 fully saturated rings. The van der Waals surface area contributed by atoms with Crippen molar-refractivity contribution < 1.29 is 4.79 Å². The van der Waals surface area contributed by atoms with Crippen LogP contribution in [-0.4, -0.2) is 23.3 Å². The molecule has 4 heteroatoms. The van der Waals surface area contributed by atoms with E-state index in [-0.39, 0.29) is 11.9 Å². The molecule has 0 heterocycles. The normalized spacial score (nSPS) is 9.50. The Morgan fingerprint density at radius 1 is 1.43 bits per heavy atom. The molecule has 0 aliphatic carbocycles. The second kappa shape index (κ2) is 4.41. The Bertz CT molecular complexity index is 334. The smallest absolute Gasteiger partial charge is 0.260 e. The van der Waals surface area contributed by atoms with Crippen molar-refractivity contribution in [3.63, 3.8) is 0 Å². The first-order valence-electron chi connectivity index (χ1n) is 4.37. The predicted octanol–water partition coefficient (Wildman–Crippen LogP) is 1.04. The Kier molecular flexibility index (Phi) is 3.23. The summed E-state index contributed by atoms with van der Waals surface area (Å²) < 4.78 is 0. The number of hydrogen-bond donors (Lipinski definition) is 2. The zero-order valence-corrected chi connectivity index (χ0v) is 8.03. The number of carbonyl (C=O) groups is 1. The first-order valence-corrected chi connectivity index (χ1v) is 4.37. The average Bonchev–Trinajstić information content (AvgIpc) is 2.19. The molecular weight excluding hydrogens is 178 g/mol. The third kappa shape index (κ3) is 2.10. The predicted molar refractivity (Wildman–Crippen MR) is 55.1 cm³/mol. The van der Waals surface area contributed by atoms with Crippen molar-refractivity contribution in [1.29, 1.82) is 5.41 Å². The van der Waals surface area contributed by atoms with Gasteiger partial charge in [0.05, 0.1) is 0 Å². The SMILES string of the molecule is CCN(C(=N)N)C(=O)c1ccccc1. The van der Waals surface area contributed by atoms with Crippen LogP contribution in [-0.2, 0) is 0 Å². The van der Waals surface area contributed by atoms with E-state index in [0.29, 0.717) is 12.1 Å². The first kappa shape index (κ1) is 10.2. The molecule has 1 amide bonds. The molecule has 3 N–H and O–H groups in total. The summed E-state index contributed by atoms with van der Waals surface area (Å²) in [4.78, 5) is 12.9. The summed E-state index contributed by atoms with van der Waals surface area (Å²) in [6.45, 7) is 2.19. The van der Waals surface area contributed by atoms with Crippen LogP contribution in [0.4, 0.5) is 0 Å². The number of hydrogen-bond acceptors (Lipinski definition) is 2. The van der Waals surface area contributed by atoms with Crippen LogP contribution < -0.4 is 5.73 Å². The van der Waals surface area contributed by atoms with Gasteiger partial charge in [0.15, 0.2) is 5.96 Å². The van der Waals surface area contributed by atoms with E-state index in [1.54, 1.807) is 31.2 Å². The maximum absolute atomic E-state index is 11.7. The second-order valence-electron chi connectivity index (χ2n) is 2.80. The lowest BCUT2D eigenvalue weighted by Crippen LogP contribution is -2.41. The number of guanidine groups is 1. The third-order valence-corrected chi connectivity index (χ3v) is 1.87. The Labute approximate surface area is 82.8 Å². The summed E-state index contributed by atoms with van der Waals surface area (Å²) >= 11 is 0. The number of nitrogens with two attached hydrogens (primary N) is 1. The van der Waals surface area contributed by atoms with Crippen molar-refractivity contribution in [2.45, 2.75) is 6.92 Å². The van der Waals surface area contributed by atoms with Crippen LogP contribution in [0.3, 0.4) is 0 Å². The van der Waals surface area contributed by atoms with Crippen molar-refractivity contribution in [2.24, 2.45) is 5.73 Å². The average molecular weight is 191 g/mol. The van der Waals surface area contributed by atoms with E-state index in [1.165, 1.54) is 4.90 Å².